The molecule has 0 spiro atoms. The number of amides is 2. The van der Waals surface area contributed by atoms with E-state index in [1.54, 1.807) is 69.5 Å². The van der Waals surface area contributed by atoms with Crippen LogP contribution in [-0.4, -0.2) is 51.9 Å². The molecule has 1 atom stereocenters. The molecule has 3 aromatic rings. The van der Waals surface area contributed by atoms with Gasteiger partial charge in [-0.2, -0.15) is 0 Å². The summed E-state index contributed by atoms with van der Waals surface area (Å²) in [5, 5.41) is 2.93. The molecule has 0 aliphatic carbocycles. The van der Waals surface area contributed by atoms with Crippen molar-refractivity contribution >= 4 is 39.1 Å². The van der Waals surface area contributed by atoms with Gasteiger partial charge in [0, 0.05) is 18.6 Å². The summed E-state index contributed by atoms with van der Waals surface area (Å²) in [5.74, 6) is -0.278. The molecule has 0 aliphatic rings. The fourth-order valence-electron chi connectivity index (χ4n) is 3.82. The number of benzene rings is 3. The number of anilines is 1. The fourth-order valence-corrected chi connectivity index (χ4v) is 5.40. The van der Waals surface area contributed by atoms with Gasteiger partial charge in [0.15, 0.2) is 0 Å². The SMILES string of the molecule is CNC(=O)[C@H](C)N(Cc1ccc(OC)cc1)C(=O)CN(c1ccc(C)c(Cl)c1)S(=O)(=O)c1ccc(C)cc1. The molecule has 0 aromatic heterocycles. The highest BCUT2D eigenvalue weighted by molar-refractivity contribution is 7.92. The van der Waals surface area contributed by atoms with E-state index in [2.05, 4.69) is 5.32 Å². The van der Waals surface area contributed by atoms with E-state index in [1.165, 1.54) is 30.1 Å². The summed E-state index contributed by atoms with van der Waals surface area (Å²) in [4.78, 5) is 27.7. The van der Waals surface area contributed by atoms with Crippen molar-refractivity contribution in [2.24, 2.45) is 0 Å². The lowest BCUT2D eigenvalue weighted by atomic mass is 10.1. The molecule has 0 saturated heterocycles. The van der Waals surface area contributed by atoms with E-state index in [9.17, 15) is 18.0 Å². The highest BCUT2D eigenvalue weighted by Crippen LogP contribution is 2.29. The number of aryl methyl sites for hydroxylation is 2. The van der Waals surface area contributed by atoms with Gasteiger partial charge in [0.1, 0.15) is 18.3 Å². The minimum atomic E-state index is -4.15. The molecule has 10 heteroatoms. The third kappa shape index (κ3) is 6.65. The minimum absolute atomic E-state index is 0.0358. The minimum Gasteiger partial charge on any atom is -0.497 e. The van der Waals surface area contributed by atoms with Gasteiger partial charge in [-0.05, 0) is 68.3 Å². The number of carbonyl (C=O) groups is 2. The Morgan fingerprint density at radius 3 is 2.18 bits per heavy atom. The van der Waals surface area contributed by atoms with E-state index in [0.29, 0.717) is 10.8 Å². The Morgan fingerprint density at radius 2 is 1.63 bits per heavy atom. The summed E-state index contributed by atoms with van der Waals surface area (Å²) < 4.78 is 33.8. The molecule has 38 heavy (non-hydrogen) atoms. The van der Waals surface area contributed by atoms with Gasteiger partial charge < -0.3 is 15.0 Å². The first-order valence-corrected chi connectivity index (χ1v) is 13.8. The number of hydrogen-bond acceptors (Lipinski definition) is 5. The molecule has 8 nitrogen and oxygen atoms in total. The first-order chi connectivity index (χ1) is 18.0. The van der Waals surface area contributed by atoms with E-state index < -0.39 is 28.5 Å². The number of carbonyl (C=O) groups excluding carboxylic acids is 2. The molecule has 2 amide bonds. The van der Waals surface area contributed by atoms with Crippen molar-refractivity contribution in [3.63, 3.8) is 0 Å². The van der Waals surface area contributed by atoms with Crippen LogP contribution in [0.25, 0.3) is 0 Å². The summed E-state index contributed by atoms with van der Waals surface area (Å²) >= 11 is 6.34. The third-order valence-electron chi connectivity index (χ3n) is 6.26. The first kappa shape index (κ1) is 29.0. The summed E-state index contributed by atoms with van der Waals surface area (Å²) in [5.41, 5.74) is 2.66. The Bertz CT molecular complexity index is 1390. The van der Waals surface area contributed by atoms with Crippen LogP contribution in [0.4, 0.5) is 5.69 Å². The van der Waals surface area contributed by atoms with E-state index in [0.717, 1.165) is 21.0 Å². The van der Waals surface area contributed by atoms with Crippen LogP contribution in [0.3, 0.4) is 0 Å². The van der Waals surface area contributed by atoms with Gasteiger partial charge in [0.05, 0.1) is 17.7 Å². The first-order valence-electron chi connectivity index (χ1n) is 12.0. The van der Waals surface area contributed by atoms with Gasteiger partial charge in [0.2, 0.25) is 11.8 Å². The molecule has 0 bridgehead atoms. The number of hydrogen-bond donors (Lipinski definition) is 1. The van der Waals surface area contributed by atoms with Crippen molar-refractivity contribution in [1.29, 1.82) is 0 Å². The van der Waals surface area contributed by atoms with Crippen molar-refractivity contribution < 1.29 is 22.7 Å². The number of halogens is 1. The second kappa shape index (κ2) is 12.3. The zero-order valence-electron chi connectivity index (χ0n) is 22.1. The van der Waals surface area contributed by atoms with Crippen molar-refractivity contribution in [2.45, 2.75) is 38.3 Å². The number of nitrogens with one attached hydrogen (secondary N) is 1. The standard InChI is InChI=1S/C28H32ClN3O5S/c1-19-6-14-25(15-7-19)38(35,36)32(23-11-8-20(2)26(29)16-23)18-27(33)31(21(3)28(34)30-4)17-22-9-12-24(37-5)13-10-22/h6-16,21H,17-18H2,1-5H3,(H,30,34)/t21-/m0/s1. The average Bonchev–Trinajstić information content (AvgIpc) is 2.91. The maximum Gasteiger partial charge on any atom is 0.264 e. The molecular formula is C28H32ClN3O5S. The van der Waals surface area contributed by atoms with E-state index in [4.69, 9.17) is 16.3 Å². The van der Waals surface area contributed by atoms with Gasteiger partial charge in [-0.1, -0.05) is 47.5 Å². The maximum absolute atomic E-state index is 13.8. The van der Waals surface area contributed by atoms with E-state index >= 15 is 0 Å². The number of likely N-dealkylation sites (N-methyl/N-ethyl adjacent to an activating group) is 1. The monoisotopic (exact) mass is 557 g/mol. The Balaban J connectivity index is 2.04. The zero-order valence-corrected chi connectivity index (χ0v) is 23.6. The van der Waals surface area contributed by atoms with Crippen LogP contribution < -0.4 is 14.4 Å². The molecule has 0 heterocycles. The highest BCUT2D eigenvalue weighted by atomic mass is 35.5. The number of methoxy groups -OCH3 is 1. The smallest absolute Gasteiger partial charge is 0.264 e. The topological polar surface area (TPSA) is 96.0 Å². The Labute approximate surface area is 229 Å². The van der Waals surface area contributed by atoms with Gasteiger partial charge in [-0.15, -0.1) is 0 Å². The molecule has 0 saturated carbocycles. The Hall–Kier alpha value is -3.56. The van der Waals surface area contributed by atoms with Crippen molar-refractivity contribution in [3.8, 4) is 5.75 Å². The predicted molar refractivity (Wildman–Crippen MR) is 149 cm³/mol. The molecule has 1 N–H and O–H groups in total. The lowest BCUT2D eigenvalue weighted by molar-refractivity contribution is -0.139. The number of nitrogens with zero attached hydrogens (tertiary/aromatic N) is 2. The lowest BCUT2D eigenvalue weighted by Crippen LogP contribution is -2.50. The zero-order chi connectivity index (χ0) is 28.0. The van der Waals surface area contributed by atoms with Crippen LogP contribution in [0.2, 0.25) is 5.02 Å². The second-order valence-corrected chi connectivity index (χ2v) is 11.2. The van der Waals surface area contributed by atoms with Crippen LogP contribution in [0.15, 0.2) is 71.6 Å². The molecule has 3 aromatic carbocycles. The Morgan fingerprint density at radius 1 is 1.00 bits per heavy atom. The van der Waals surface area contributed by atoms with Crippen molar-refractivity contribution in [1.82, 2.24) is 10.2 Å². The fraction of sp³-hybridized carbons (Fsp3) is 0.286. The van der Waals surface area contributed by atoms with Gasteiger partial charge in [-0.25, -0.2) is 8.42 Å². The van der Waals surface area contributed by atoms with Crippen LogP contribution in [0, 0.1) is 13.8 Å². The quantitative estimate of drug-likeness (QED) is 0.400. The second-order valence-electron chi connectivity index (χ2n) is 8.92. The predicted octanol–water partition coefficient (Wildman–Crippen LogP) is 4.32. The van der Waals surface area contributed by atoms with E-state index in [-0.39, 0.29) is 23.0 Å². The number of rotatable bonds is 10. The molecular weight excluding hydrogens is 526 g/mol. The van der Waals surface area contributed by atoms with Gasteiger partial charge >= 0.3 is 0 Å². The Kier molecular flexibility index (Phi) is 9.40. The van der Waals surface area contributed by atoms with Crippen molar-refractivity contribution in [2.75, 3.05) is 25.0 Å². The summed E-state index contributed by atoms with van der Waals surface area (Å²) in [6.45, 7) is 4.81. The normalized spacial score (nSPS) is 11.9. The van der Waals surface area contributed by atoms with Crippen LogP contribution in [0.1, 0.15) is 23.6 Å². The highest BCUT2D eigenvalue weighted by Gasteiger charge is 2.32. The molecule has 0 radical (unpaired) electrons. The van der Waals surface area contributed by atoms with Crippen LogP contribution in [-0.2, 0) is 26.2 Å². The number of ether oxygens (including phenoxy) is 1. The molecule has 0 aliphatic heterocycles. The van der Waals surface area contributed by atoms with Crippen LogP contribution in [0.5, 0.6) is 5.75 Å². The number of sulfonamides is 1. The van der Waals surface area contributed by atoms with E-state index in [1.807, 2.05) is 6.92 Å². The third-order valence-corrected chi connectivity index (χ3v) is 8.45. The largest absolute Gasteiger partial charge is 0.497 e. The lowest BCUT2D eigenvalue weighted by Gasteiger charge is -2.32. The van der Waals surface area contributed by atoms with Gasteiger partial charge in [-0.3, -0.25) is 13.9 Å². The maximum atomic E-state index is 13.8. The molecule has 202 valence electrons. The molecule has 0 unspecified atom stereocenters. The van der Waals surface area contributed by atoms with Crippen LogP contribution >= 0.6 is 11.6 Å². The van der Waals surface area contributed by atoms with Gasteiger partial charge in [0.25, 0.3) is 10.0 Å². The summed E-state index contributed by atoms with van der Waals surface area (Å²) in [6.07, 6.45) is 0. The summed E-state index contributed by atoms with van der Waals surface area (Å²) in [7, 11) is -1.11. The summed E-state index contributed by atoms with van der Waals surface area (Å²) in [6, 6.07) is 17.4. The molecule has 3 rings (SSSR count). The molecule has 0 fully saturated rings. The average molecular weight is 558 g/mol. The van der Waals surface area contributed by atoms with Crippen molar-refractivity contribution in [3.05, 3.63) is 88.4 Å².